The van der Waals surface area contributed by atoms with Gasteiger partial charge in [-0.15, -0.1) is 0 Å². The number of carbonyl (C=O) groups is 2. The monoisotopic (exact) mass is 520 g/mol. The number of hydrogen-bond donors (Lipinski definition) is 0. The smallest absolute Gasteiger partial charge is 0.332 e. The van der Waals surface area contributed by atoms with Gasteiger partial charge in [0, 0.05) is 25.2 Å². The molecular weight excluding hydrogens is 498 g/mol. The second-order valence-electron chi connectivity index (χ2n) is 8.91. The summed E-state index contributed by atoms with van der Waals surface area (Å²) < 4.78 is 80.3. The van der Waals surface area contributed by atoms with E-state index in [1.807, 2.05) is 0 Å². The van der Waals surface area contributed by atoms with E-state index in [9.17, 15) is 35.9 Å². The van der Waals surface area contributed by atoms with Crippen molar-refractivity contribution in [1.82, 2.24) is 9.80 Å². The molecule has 1 aliphatic rings. The van der Waals surface area contributed by atoms with E-state index in [4.69, 9.17) is 0 Å². The Hall–Kier alpha value is -3.82. The van der Waals surface area contributed by atoms with Crippen LogP contribution in [-0.4, -0.2) is 28.2 Å². The summed E-state index contributed by atoms with van der Waals surface area (Å²) in [5.74, 6) is -0.964. The molecule has 1 aliphatic heterocycles. The molecular formula is C27H22F6N2O2. The van der Waals surface area contributed by atoms with Crippen LogP contribution in [0.25, 0.3) is 0 Å². The molecule has 3 aromatic carbocycles. The van der Waals surface area contributed by atoms with Crippen molar-refractivity contribution >= 4 is 11.8 Å². The van der Waals surface area contributed by atoms with Crippen LogP contribution in [-0.2, 0) is 36.8 Å². The fraction of sp³-hybridized carbons (Fsp3) is 0.259. The zero-order valence-electron chi connectivity index (χ0n) is 19.7. The predicted molar refractivity (Wildman–Crippen MR) is 123 cm³/mol. The molecule has 0 radical (unpaired) electrons. The minimum Gasteiger partial charge on any atom is -0.332 e. The average Bonchev–Trinajstić information content (AvgIpc) is 3.14. The molecule has 194 valence electrons. The number of amides is 2. The van der Waals surface area contributed by atoms with Crippen LogP contribution in [0.2, 0.25) is 0 Å². The van der Waals surface area contributed by atoms with Gasteiger partial charge in [0.05, 0.1) is 11.1 Å². The molecule has 0 bridgehead atoms. The Labute approximate surface area is 209 Å². The molecule has 4 nitrogen and oxygen atoms in total. The van der Waals surface area contributed by atoms with Gasteiger partial charge in [0.15, 0.2) is 0 Å². The molecule has 37 heavy (non-hydrogen) atoms. The molecule has 0 saturated heterocycles. The normalized spacial score (nSPS) is 13.6. The summed E-state index contributed by atoms with van der Waals surface area (Å²) in [6.45, 7) is 1.03. The SMILES string of the molecule is Cc1ccccc1CN(Cc1cc(C(F)(F)F)cc(C(F)(F)F)c1)C(=O)CN1Cc2ccccc2C1=O. The third-order valence-corrected chi connectivity index (χ3v) is 6.22. The Morgan fingerprint density at radius 3 is 2.05 bits per heavy atom. The summed E-state index contributed by atoms with van der Waals surface area (Å²) in [5.41, 5.74) is -0.566. The van der Waals surface area contributed by atoms with E-state index in [1.54, 1.807) is 55.5 Å². The van der Waals surface area contributed by atoms with Gasteiger partial charge in [-0.3, -0.25) is 9.59 Å². The van der Waals surface area contributed by atoms with Crippen molar-refractivity contribution in [2.75, 3.05) is 6.54 Å². The maximum atomic E-state index is 13.4. The Balaban J connectivity index is 1.66. The minimum absolute atomic E-state index is 0.0527. The van der Waals surface area contributed by atoms with Crippen molar-refractivity contribution in [2.24, 2.45) is 0 Å². The number of aryl methyl sites for hydroxylation is 1. The highest BCUT2D eigenvalue weighted by Crippen LogP contribution is 2.36. The van der Waals surface area contributed by atoms with Gasteiger partial charge in [0.25, 0.3) is 5.91 Å². The van der Waals surface area contributed by atoms with Crippen LogP contribution in [0, 0.1) is 6.92 Å². The highest BCUT2D eigenvalue weighted by Gasteiger charge is 2.37. The summed E-state index contributed by atoms with van der Waals surface area (Å²) >= 11 is 0. The van der Waals surface area contributed by atoms with Gasteiger partial charge >= 0.3 is 12.4 Å². The van der Waals surface area contributed by atoms with Gasteiger partial charge in [0.2, 0.25) is 5.91 Å². The number of halogens is 6. The van der Waals surface area contributed by atoms with E-state index in [0.717, 1.165) is 11.1 Å². The van der Waals surface area contributed by atoms with Crippen LogP contribution >= 0.6 is 0 Å². The second-order valence-corrected chi connectivity index (χ2v) is 8.91. The lowest BCUT2D eigenvalue weighted by Crippen LogP contribution is -2.40. The van der Waals surface area contributed by atoms with E-state index >= 15 is 0 Å². The molecule has 0 unspecified atom stereocenters. The summed E-state index contributed by atoms with van der Waals surface area (Å²) in [6, 6.07) is 15.1. The van der Waals surface area contributed by atoms with Crippen LogP contribution in [0.4, 0.5) is 26.3 Å². The van der Waals surface area contributed by atoms with Crippen LogP contribution in [0.15, 0.2) is 66.7 Å². The molecule has 2 amide bonds. The van der Waals surface area contributed by atoms with Gasteiger partial charge < -0.3 is 9.80 Å². The summed E-state index contributed by atoms with van der Waals surface area (Å²) in [5, 5.41) is 0. The maximum absolute atomic E-state index is 13.4. The number of benzene rings is 3. The molecule has 0 saturated carbocycles. The van der Waals surface area contributed by atoms with Gasteiger partial charge in [-0.05, 0) is 53.4 Å². The van der Waals surface area contributed by atoms with E-state index in [1.165, 1.54) is 9.80 Å². The van der Waals surface area contributed by atoms with Crippen LogP contribution < -0.4 is 0 Å². The van der Waals surface area contributed by atoms with Crippen molar-refractivity contribution in [3.8, 4) is 0 Å². The third kappa shape index (κ3) is 5.95. The molecule has 0 aliphatic carbocycles. The lowest BCUT2D eigenvalue weighted by atomic mass is 10.0. The summed E-state index contributed by atoms with van der Waals surface area (Å²) in [7, 11) is 0. The Kier molecular flexibility index (Phi) is 7.03. The van der Waals surface area contributed by atoms with Crippen molar-refractivity contribution in [2.45, 2.75) is 38.9 Å². The number of alkyl halides is 6. The quantitative estimate of drug-likeness (QED) is 0.363. The summed E-state index contributed by atoms with van der Waals surface area (Å²) in [4.78, 5) is 28.6. The molecule has 1 heterocycles. The highest BCUT2D eigenvalue weighted by atomic mass is 19.4. The van der Waals surface area contributed by atoms with Gasteiger partial charge in [-0.1, -0.05) is 42.5 Å². The van der Waals surface area contributed by atoms with Crippen LogP contribution in [0.1, 0.15) is 43.7 Å². The first kappa shape index (κ1) is 26.2. The van der Waals surface area contributed by atoms with Crippen LogP contribution in [0.3, 0.4) is 0 Å². The molecule has 10 heteroatoms. The third-order valence-electron chi connectivity index (χ3n) is 6.22. The van der Waals surface area contributed by atoms with E-state index in [-0.39, 0.29) is 37.2 Å². The molecule has 0 aromatic heterocycles. The number of nitrogens with zero attached hydrogens (tertiary/aromatic N) is 2. The fourth-order valence-electron chi connectivity index (χ4n) is 4.26. The van der Waals surface area contributed by atoms with Crippen molar-refractivity contribution in [3.63, 3.8) is 0 Å². The lowest BCUT2D eigenvalue weighted by molar-refractivity contribution is -0.143. The average molecular weight is 520 g/mol. The van der Waals surface area contributed by atoms with Crippen molar-refractivity contribution < 1.29 is 35.9 Å². The zero-order chi connectivity index (χ0) is 27.0. The fourth-order valence-corrected chi connectivity index (χ4v) is 4.26. The number of carbonyl (C=O) groups excluding carboxylic acids is 2. The van der Waals surface area contributed by atoms with Gasteiger partial charge in [-0.25, -0.2) is 0 Å². The van der Waals surface area contributed by atoms with E-state index < -0.39 is 35.9 Å². The van der Waals surface area contributed by atoms with Gasteiger partial charge in [-0.2, -0.15) is 26.3 Å². The number of hydrogen-bond acceptors (Lipinski definition) is 2. The minimum atomic E-state index is -5.01. The Bertz CT molecular complexity index is 1300. The molecule has 0 atom stereocenters. The summed E-state index contributed by atoms with van der Waals surface area (Å²) in [6.07, 6.45) is -10.0. The van der Waals surface area contributed by atoms with E-state index in [2.05, 4.69) is 0 Å². The maximum Gasteiger partial charge on any atom is 0.416 e. The number of fused-ring (bicyclic) bond motifs is 1. The van der Waals surface area contributed by atoms with Crippen molar-refractivity contribution in [1.29, 1.82) is 0 Å². The Morgan fingerprint density at radius 1 is 0.865 bits per heavy atom. The molecule has 0 fully saturated rings. The van der Waals surface area contributed by atoms with Crippen molar-refractivity contribution in [3.05, 3.63) is 106 Å². The number of rotatable bonds is 6. The Morgan fingerprint density at radius 2 is 1.46 bits per heavy atom. The van der Waals surface area contributed by atoms with E-state index in [0.29, 0.717) is 23.3 Å². The zero-order valence-corrected chi connectivity index (χ0v) is 19.7. The first-order valence-electron chi connectivity index (χ1n) is 11.3. The largest absolute Gasteiger partial charge is 0.416 e. The van der Waals surface area contributed by atoms with Crippen LogP contribution in [0.5, 0.6) is 0 Å². The molecule has 3 aromatic rings. The molecule has 0 N–H and O–H groups in total. The van der Waals surface area contributed by atoms with Gasteiger partial charge in [0.1, 0.15) is 6.54 Å². The molecule has 0 spiro atoms. The second kappa shape index (κ2) is 9.91. The predicted octanol–water partition coefficient (Wildman–Crippen LogP) is 6.22. The lowest BCUT2D eigenvalue weighted by Gasteiger charge is -2.27. The highest BCUT2D eigenvalue weighted by molar-refractivity contribution is 6.00. The first-order chi connectivity index (χ1) is 17.3. The topological polar surface area (TPSA) is 40.6 Å². The standard InChI is InChI=1S/C27H22F6N2O2/c1-17-6-2-3-7-19(17)14-34(24(36)16-35-15-20-8-4-5-9-23(20)25(35)37)13-18-10-21(26(28,29)30)12-22(11-18)27(31,32)33/h2-12H,13-16H2,1H3. The first-order valence-corrected chi connectivity index (χ1v) is 11.3. The molecule has 4 rings (SSSR count).